The van der Waals surface area contributed by atoms with E-state index in [1.165, 1.54) is 108 Å². The van der Waals surface area contributed by atoms with Gasteiger partial charge in [-0.2, -0.15) is 8.42 Å². The number of nitrogens with one attached hydrogen (secondary N) is 1. The van der Waals surface area contributed by atoms with Crippen molar-refractivity contribution in [3.05, 3.63) is 42.5 Å². The van der Waals surface area contributed by atoms with E-state index in [0.29, 0.717) is 19.4 Å². The third kappa shape index (κ3) is 21.3. The SMILES string of the molecule is CCCCCCCC/C=C\CCCCCCCCCCCC(=O)NCCCOS(=O)(=O)c1ccccc1.N. The Morgan fingerprint density at radius 3 is 1.79 bits per heavy atom. The van der Waals surface area contributed by atoms with Gasteiger partial charge in [0.2, 0.25) is 5.91 Å². The third-order valence-corrected chi connectivity index (χ3v) is 7.91. The van der Waals surface area contributed by atoms with Gasteiger partial charge in [0.1, 0.15) is 0 Å². The molecule has 6 nitrogen and oxygen atoms in total. The van der Waals surface area contributed by atoms with Gasteiger partial charge in [0.05, 0.1) is 11.5 Å². The minimum Gasteiger partial charge on any atom is -0.356 e. The van der Waals surface area contributed by atoms with Crippen LogP contribution >= 0.6 is 0 Å². The largest absolute Gasteiger partial charge is 0.356 e. The van der Waals surface area contributed by atoms with E-state index in [2.05, 4.69) is 24.4 Å². The highest BCUT2D eigenvalue weighted by molar-refractivity contribution is 7.86. The lowest BCUT2D eigenvalue weighted by molar-refractivity contribution is -0.121. The Morgan fingerprint density at radius 1 is 0.737 bits per heavy atom. The summed E-state index contributed by atoms with van der Waals surface area (Å²) in [5.74, 6) is 0.0342. The number of allylic oxidation sites excluding steroid dienone is 2. The second-order valence-electron chi connectivity index (χ2n) is 10.0. The molecule has 220 valence electrons. The summed E-state index contributed by atoms with van der Waals surface area (Å²) in [6.07, 6.45) is 27.6. The van der Waals surface area contributed by atoms with Gasteiger partial charge in [0.15, 0.2) is 0 Å². The Kier molecular flexibility index (Phi) is 24.4. The van der Waals surface area contributed by atoms with Gasteiger partial charge < -0.3 is 11.5 Å². The van der Waals surface area contributed by atoms with E-state index in [1.54, 1.807) is 18.2 Å². The van der Waals surface area contributed by atoms with Crippen molar-refractivity contribution in [2.75, 3.05) is 13.2 Å². The maximum Gasteiger partial charge on any atom is 0.296 e. The van der Waals surface area contributed by atoms with Gasteiger partial charge in [0.25, 0.3) is 10.1 Å². The molecule has 0 saturated carbocycles. The summed E-state index contributed by atoms with van der Waals surface area (Å²) in [6.45, 7) is 2.76. The van der Waals surface area contributed by atoms with Crippen LogP contribution in [0.15, 0.2) is 47.4 Å². The average molecular weight is 553 g/mol. The molecule has 38 heavy (non-hydrogen) atoms. The van der Waals surface area contributed by atoms with Crippen LogP contribution in [0.25, 0.3) is 0 Å². The molecule has 0 fully saturated rings. The molecule has 0 aliphatic heterocycles. The van der Waals surface area contributed by atoms with Gasteiger partial charge in [-0.3, -0.25) is 8.98 Å². The van der Waals surface area contributed by atoms with Crippen LogP contribution in [0.5, 0.6) is 0 Å². The van der Waals surface area contributed by atoms with Crippen molar-refractivity contribution in [1.29, 1.82) is 0 Å². The minimum atomic E-state index is -3.72. The Hall–Kier alpha value is -1.70. The number of rotatable bonds is 25. The van der Waals surface area contributed by atoms with E-state index in [4.69, 9.17) is 4.18 Å². The summed E-state index contributed by atoms with van der Waals surface area (Å²) in [7, 11) is -3.72. The summed E-state index contributed by atoms with van der Waals surface area (Å²) in [5, 5.41) is 2.85. The van der Waals surface area contributed by atoms with Crippen molar-refractivity contribution in [1.82, 2.24) is 11.5 Å². The first-order chi connectivity index (χ1) is 18.1. The van der Waals surface area contributed by atoms with Crippen molar-refractivity contribution in [3.8, 4) is 0 Å². The minimum absolute atomic E-state index is 0. The molecule has 0 unspecified atom stereocenters. The van der Waals surface area contributed by atoms with Gasteiger partial charge in [0, 0.05) is 13.0 Å². The van der Waals surface area contributed by atoms with Crippen molar-refractivity contribution < 1.29 is 17.4 Å². The fraction of sp³-hybridized carbons (Fsp3) is 0.710. The molecule has 0 aromatic heterocycles. The van der Waals surface area contributed by atoms with E-state index < -0.39 is 10.1 Å². The lowest BCUT2D eigenvalue weighted by Gasteiger charge is -2.07. The summed E-state index contributed by atoms with van der Waals surface area (Å²) < 4.78 is 29.0. The molecular formula is C31H56N2O4S. The second kappa shape index (κ2) is 25.6. The molecule has 1 aromatic rings. The lowest BCUT2D eigenvalue weighted by Crippen LogP contribution is -2.25. The highest BCUT2D eigenvalue weighted by Gasteiger charge is 2.13. The van der Waals surface area contributed by atoms with Crippen LogP contribution in [0.3, 0.4) is 0 Å². The number of hydrogen-bond donors (Lipinski definition) is 2. The predicted molar refractivity (Wildman–Crippen MR) is 160 cm³/mol. The topological polar surface area (TPSA) is 107 Å². The molecule has 0 aliphatic rings. The summed E-state index contributed by atoms with van der Waals surface area (Å²) in [4.78, 5) is 12.1. The molecule has 0 heterocycles. The summed E-state index contributed by atoms with van der Waals surface area (Å²) in [6, 6.07) is 8.10. The fourth-order valence-electron chi connectivity index (χ4n) is 4.28. The zero-order valence-corrected chi connectivity index (χ0v) is 25.0. The van der Waals surface area contributed by atoms with Crippen LogP contribution in [0.2, 0.25) is 0 Å². The monoisotopic (exact) mass is 552 g/mol. The van der Waals surface area contributed by atoms with Gasteiger partial charge in [-0.05, 0) is 50.7 Å². The van der Waals surface area contributed by atoms with Crippen LogP contribution in [0.1, 0.15) is 129 Å². The summed E-state index contributed by atoms with van der Waals surface area (Å²) in [5.41, 5.74) is 0. The highest BCUT2D eigenvalue weighted by Crippen LogP contribution is 2.13. The van der Waals surface area contributed by atoms with E-state index in [0.717, 1.165) is 12.8 Å². The molecule has 0 atom stereocenters. The first-order valence-corrected chi connectivity index (χ1v) is 16.3. The first-order valence-electron chi connectivity index (χ1n) is 14.9. The molecule has 1 aromatic carbocycles. The molecular weight excluding hydrogens is 496 g/mol. The van der Waals surface area contributed by atoms with Crippen molar-refractivity contribution in [2.45, 2.75) is 134 Å². The molecule has 4 N–H and O–H groups in total. The first kappa shape index (κ1) is 36.3. The number of hydrogen-bond acceptors (Lipinski definition) is 5. The molecule has 7 heteroatoms. The molecule has 0 aliphatic carbocycles. The molecule has 1 rings (SSSR count). The predicted octanol–water partition coefficient (Wildman–Crippen LogP) is 8.66. The molecule has 0 radical (unpaired) electrons. The van der Waals surface area contributed by atoms with Crippen molar-refractivity contribution in [3.63, 3.8) is 0 Å². The van der Waals surface area contributed by atoms with Crippen LogP contribution < -0.4 is 11.5 Å². The average Bonchev–Trinajstić information content (AvgIpc) is 2.90. The van der Waals surface area contributed by atoms with Crippen LogP contribution in [0, 0.1) is 0 Å². The van der Waals surface area contributed by atoms with E-state index in [-0.39, 0.29) is 23.6 Å². The molecule has 0 spiro atoms. The van der Waals surface area contributed by atoms with Crippen LogP contribution in [0.4, 0.5) is 0 Å². The zero-order valence-electron chi connectivity index (χ0n) is 24.1. The van der Waals surface area contributed by atoms with Gasteiger partial charge in [-0.25, -0.2) is 0 Å². The molecule has 0 bridgehead atoms. The van der Waals surface area contributed by atoms with Crippen molar-refractivity contribution in [2.24, 2.45) is 0 Å². The van der Waals surface area contributed by atoms with Crippen LogP contribution in [-0.2, 0) is 19.1 Å². The van der Waals surface area contributed by atoms with Crippen LogP contribution in [-0.4, -0.2) is 27.5 Å². The van der Waals surface area contributed by atoms with Gasteiger partial charge in [-0.1, -0.05) is 114 Å². The Labute approximate surface area is 234 Å². The Bertz CT molecular complexity index is 797. The number of benzene rings is 1. The maximum atomic E-state index is 12.0. The number of unbranched alkanes of at least 4 members (excludes halogenated alkanes) is 15. The van der Waals surface area contributed by atoms with Crippen molar-refractivity contribution >= 4 is 16.0 Å². The lowest BCUT2D eigenvalue weighted by atomic mass is 10.1. The normalized spacial score (nSPS) is 11.5. The molecule has 0 saturated heterocycles. The standard InChI is InChI=1S/C31H53NO4S.H3N/c1-2-3-4-5-6-7-8-9-10-11-12-13-14-15-16-17-18-19-23-27-31(33)32-28-24-29-36-37(34,35)30-25-21-20-22-26-30;/h9-10,20-22,25-26H,2-8,11-19,23-24,27-29H2,1H3,(H,32,33);1H3/b10-9-;. The second-order valence-corrected chi connectivity index (χ2v) is 11.7. The Balaban J connectivity index is 0.0000137. The zero-order chi connectivity index (χ0) is 26.9. The number of amides is 1. The smallest absolute Gasteiger partial charge is 0.296 e. The fourth-order valence-corrected chi connectivity index (χ4v) is 5.24. The van der Waals surface area contributed by atoms with E-state index in [9.17, 15) is 13.2 Å². The quantitative estimate of drug-likeness (QED) is 0.0717. The van der Waals surface area contributed by atoms with Gasteiger partial charge >= 0.3 is 0 Å². The van der Waals surface area contributed by atoms with E-state index >= 15 is 0 Å². The number of carbonyl (C=O) groups is 1. The van der Waals surface area contributed by atoms with E-state index in [1.807, 2.05) is 0 Å². The maximum absolute atomic E-state index is 12.0. The highest BCUT2D eigenvalue weighted by atomic mass is 32.2. The summed E-state index contributed by atoms with van der Waals surface area (Å²) >= 11 is 0. The molecule has 1 amide bonds. The number of carbonyl (C=O) groups excluding carboxylic acids is 1. The Morgan fingerprint density at radius 2 is 1.24 bits per heavy atom. The third-order valence-electron chi connectivity index (χ3n) is 6.58. The van der Waals surface area contributed by atoms with Gasteiger partial charge in [-0.15, -0.1) is 0 Å².